The number of hydrogen-bond acceptors (Lipinski definition) is 9. The molecule has 3 fully saturated rings. The number of aromatic nitrogens is 4. The van der Waals surface area contributed by atoms with Gasteiger partial charge in [0.05, 0.1) is 56.2 Å². The predicted octanol–water partition coefficient (Wildman–Crippen LogP) is 7.14. The smallest absolute Gasteiger partial charge is 0.407 e. The number of aromatic amines is 2. The molecule has 4 heterocycles. The van der Waals surface area contributed by atoms with E-state index >= 15 is 0 Å². The Balaban J connectivity index is 0.951. The van der Waals surface area contributed by atoms with Crippen LogP contribution >= 0.6 is 0 Å². The zero-order valence-corrected chi connectivity index (χ0v) is 35.5. The van der Waals surface area contributed by atoms with Gasteiger partial charge < -0.3 is 44.6 Å². The maximum Gasteiger partial charge on any atom is 0.407 e. The molecule has 320 valence electrons. The van der Waals surface area contributed by atoms with Crippen molar-refractivity contribution < 1.29 is 33.4 Å². The number of ether oxygens (including phenoxy) is 3. The molecule has 1 spiro atoms. The van der Waals surface area contributed by atoms with Crippen molar-refractivity contribution in [3.63, 3.8) is 0 Å². The Kier molecular flexibility index (Phi) is 11.6. The Morgan fingerprint density at radius 3 is 1.85 bits per heavy atom. The lowest BCUT2D eigenvalue weighted by Crippen LogP contribution is -2.54. The molecule has 2 saturated heterocycles. The third-order valence-corrected chi connectivity index (χ3v) is 12.7. The van der Waals surface area contributed by atoms with E-state index in [-0.39, 0.29) is 35.2 Å². The molecule has 1 aliphatic carbocycles. The number of hydrogen-bond donors (Lipinski definition) is 4. The lowest BCUT2D eigenvalue weighted by atomic mass is 9.98. The number of fused-ring (bicyclic) bond motifs is 1. The maximum atomic E-state index is 13.9. The summed E-state index contributed by atoms with van der Waals surface area (Å²) < 4.78 is 15.0. The summed E-state index contributed by atoms with van der Waals surface area (Å²) in [5.41, 5.74) is 5.97. The molecule has 61 heavy (non-hydrogen) atoms. The van der Waals surface area contributed by atoms with Gasteiger partial charge in [0.1, 0.15) is 23.7 Å². The standard InChI is InChI=1S/C46H54N8O7/c1-26(2)38(51-44(57)60-5)42(55)54-25-46(17-18-46)22-37(54)41-48-24-35(50-41)33-16-15-31-20-30(13-14-32(31)21-33)28-9-11-29(12-10-28)34-23-47-40(49-34)36-8-7-19-53(36)43(56)39(27(3)59-4)52-45(58)61-6/h9-16,20-21,23-24,26-27,36-39H,7-8,17-19,22,25H2,1-6H3,(H,47,49)(H,48,50)(H,51,57)(H,52,58)/t27?,36-,37-,38-,39-/m0/s1. The number of imidazole rings is 2. The van der Waals surface area contributed by atoms with Crippen LogP contribution < -0.4 is 10.6 Å². The SMILES string of the molecule is COC(=O)N[C@H](C(=O)N1CC2(CC2)C[C@H]1c1ncc(-c2ccc3cc(-c4ccc(-c5cnc([C@@H]6CCCN6C(=O)[C@@H](NC(=O)OC)C(C)OC)[nH]5)cc4)ccc3c2)[nH]1)C(C)C. The third kappa shape index (κ3) is 8.43. The number of nitrogens with zero attached hydrogens (tertiary/aromatic N) is 4. The largest absolute Gasteiger partial charge is 0.453 e. The van der Waals surface area contributed by atoms with Crippen LogP contribution in [-0.2, 0) is 23.8 Å². The fraction of sp³-hybridized carbons (Fsp3) is 0.435. The highest BCUT2D eigenvalue weighted by molar-refractivity contribution is 5.91. The Bertz CT molecular complexity index is 2420. The van der Waals surface area contributed by atoms with Crippen molar-refractivity contribution in [3.8, 4) is 33.6 Å². The molecule has 2 aliphatic heterocycles. The first-order chi connectivity index (χ1) is 29.4. The zero-order valence-electron chi connectivity index (χ0n) is 35.5. The number of alkyl carbamates (subject to hydrolysis) is 2. The van der Waals surface area contributed by atoms with Crippen molar-refractivity contribution >= 4 is 34.8 Å². The second kappa shape index (κ2) is 17.0. The highest BCUT2D eigenvalue weighted by Gasteiger charge is 2.55. The molecule has 0 bridgehead atoms. The number of benzene rings is 3. The molecule has 3 aliphatic rings. The molecule has 1 unspecified atom stereocenters. The molecule has 5 atom stereocenters. The van der Waals surface area contributed by atoms with Gasteiger partial charge in [-0.1, -0.05) is 62.4 Å². The summed E-state index contributed by atoms with van der Waals surface area (Å²) in [7, 11) is 4.07. The van der Waals surface area contributed by atoms with Gasteiger partial charge in [-0.2, -0.15) is 0 Å². The molecule has 8 rings (SSSR count). The van der Waals surface area contributed by atoms with Crippen molar-refractivity contribution in [1.82, 2.24) is 40.4 Å². The van der Waals surface area contributed by atoms with Crippen LogP contribution in [0.3, 0.4) is 0 Å². The fourth-order valence-corrected chi connectivity index (χ4v) is 8.89. The van der Waals surface area contributed by atoms with Gasteiger partial charge in [0, 0.05) is 25.8 Å². The number of likely N-dealkylation sites (tertiary alicyclic amines) is 2. The van der Waals surface area contributed by atoms with Crippen molar-refractivity contribution in [1.29, 1.82) is 0 Å². The summed E-state index contributed by atoms with van der Waals surface area (Å²) in [4.78, 5) is 71.8. The van der Waals surface area contributed by atoms with Crippen LogP contribution in [0.4, 0.5) is 9.59 Å². The van der Waals surface area contributed by atoms with E-state index in [1.165, 1.54) is 21.3 Å². The van der Waals surface area contributed by atoms with E-state index in [1.807, 2.05) is 24.9 Å². The molecule has 1 saturated carbocycles. The van der Waals surface area contributed by atoms with Crippen LogP contribution in [0.5, 0.6) is 0 Å². The minimum absolute atomic E-state index is 0.108. The van der Waals surface area contributed by atoms with E-state index < -0.39 is 30.4 Å². The molecule has 5 aromatic rings. The van der Waals surface area contributed by atoms with E-state index in [0.29, 0.717) is 18.9 Å². The molecule has 15 nitrogen and oxygen atoms in total. The fourth-order valence-electron chi connectivity index (χ4n) is 8.89. The maximum absolute atomic E-state index is 13.9. The van der Waals surface area contributed by atoms with Crippen molar-refractivity contribution in [2.24, 2.45) is 11.3 Å². The van der Waals surface area contributed by atoms with Crippen LogP contribution in [0.15, 0.2) is 73.1 Å². The summed E-state index contributed by atoms with van der Waals surface area (Å²) in [6.45, 7) is 6.78. The minimum Gasteiger partial charge on any atom is -0.453 e. The minimum atomic E-state index is -0.895. The number of H-pyrrole nitrogens is 2. The predicted molar refractivity (Wildman–Crippen MR) is 229 cm³/mol. The molecule has 2 aromatic heterocycles. The number of methoxy groups -OCH3 is 3. The number of rotatable bonds is 12. The summed E-state index contributed by atoms with van der Waals surface area (Å²) in [5.74, 6) is 0.984. The molecule has 4 N–H and O–H groups in total. The van der Waals surface area contributed by atoms with Gasteiger partial charge in [0.25, 0.3) is 0 Å². The first kappa shape index (κ1) is 41.5. The van der Waals surface area contributed by atoms with Gasteiger partial charge in [-0.15, -0.1) is 0 Å². The molecule has 3 aromatic carbocycles. The summed E-state index contributed by atoms with van der Waals surface area (Å²) in [6.07, 6.45) is 6.35. The quantitative estimate of drug-likeness (QED) is 0.102. The van der Waals surface area contributed by atoms with Gasteiger partial charge >= 0.3 is 12.2 Å². The number of carbonyl (C=O) groups is 4. The Labute approximate surface area is 354 Å². The summed E-state index contributed by atoms with van der Waals surface area (Å²) in [5, 5.41) is 7.57. The van der Waals surface area contributed by atoms with Crippen LogP contribution in [0, 0.1) is 11.3 Å². The van der Waals surface area contributed by atoms with Crippen LogP contribution in [-0.4, -0.2) is 106 Å². The van der Waals surface area contributed by atoms with Gasteiger partial charge in [-0.05, 0) is 90.0 Å². The van der Waals surface area contributed by atoms with Crippen LogP contribution in [0.2, 0.25) is 0 Å². The van der Waals surface area contributed by atoms with E-state index in [9.17, 15) is 19.2 Å². The molecule has 0 radical (unpaired) electrons. The summed E-state index contributed by atoms with van der Waals surface area (Å²) in [6, 6.07) is 19.0. The first-order valence-electron chi connectivity index (χ1n) is 21.0. The van der Waals surface area contributed by atoms with E-state index in [0.717, 1.165) is 82.3 Å². The molecule has 15 heteroatoms. The van der Waals surface area contributed by atoms with Crippen LogP contribution in [0.25, 0.3) is 44.4 Å². The average molecular weight is 831 g/mol. The monoisotopic (exact) mass is 830 g/mol. The Morgan fingerprint density at radius 1 is 0.705 bits per heavy atom. The topological polar surface area (TPSA) is 184 Å². The van der Waals surface area contributed by atoms with Crippen LogP contribution in [0.1, 0.15) is 76.6 Å². The molecule has 4 amide bonds. The van der Waals surface area contributed by atoms with Crippen molar-refractivity contribution in [2.45, 2.75) is 83.1 Å². The van der Waals surface area contributed by atoms with E-state index in [1.54, 1.807) is 18.0 Å². The Hall–Kier alpha value is -6.22. The second-order valence-corrected chi connectivity index (χ2v) is 17.0. The lowest BCUT2D eigenvalue weighted by Gasteiger charge is -2.30. The molecular formula is C46H54N8O7. The highest BCUT2D eigenvalue weighted by atomic mass is 16.5. The molecular weight excluding hydrogens is 777 g/mol. The number of nitrogens with one attached hydrogen (secondary N) is 4. The summed E-state index contributed by atoms with van der Waals surface area (Å²) >= 11 is 0. The van der Waals surface area contributed by atoms with Crippen molar-refractivity contribution in [2.75, 3.05) is 34.4 Å². The van der Waals surface area contributed by atoms with Crippen molar-refractivity contribution in [3.05, 3.63) is 84.7 Å². The number of amides is 4. The van der Waals surface area contributed by atoms with Gasteiger partial charge in [0.2, 0.25) is 11.8 Å². The first-order valence-corrected chi connectivity index (χ1v) is 21.0. The number of carbonyl (C=O) groups excluding carboxylic acids is 4. The van der Waals surface area contributed by atoms with E-state index in [2.05, 4.69) is 86.2 Å². The third-order valence-electron chi connectivity index (χ3n) is 12.7. The highest BCUT2D eigenvalue weighted by Crippen LogP contribution is 2.58. The van der Waals surface area contributed by atoms with Gasteiger partial charge in [0.15, 0.2) is 0 Å². The normalized spacial score (nSPS) is 19.5. The Morgan fingerprint density at radius 2 is 1.25 bits per heavy atom. The van der Waals surface area contributed by atoms with Gasteiger partial charge in [-0.25, -0.2) is 19.6 Å². The zero-order chi connectivity index (χ0) is 43.0. The van der Waals surface area contributed by atoms with E-state index in [4.69, 9.17) is 19.2 Å². The van der Waals surface area contributed by atoms with Gasteiger partial charge in [-0.3, -0.25) is 9.59 Å². The lowest BCUT2D eigenvalue weighted by molar-refractivity contribution is -0.137. The second-order valence-electron chi connectivity index (χ2n) is 17.0. The average Bonchev–Trinajstić information content (AvgIpc) is 3.81.